The van der Waals surface area contributed by atoms with Gasteiger partial charge in [-0.3, -0.25) is 0 Å². The van der Waals surface area contributed by atoms with Gasteiger partial charge in [0.15, 0.2) is 11.6 Å². The number of ether oxygens (including phenoxy) is 1. The lowest BCUT2D eigenvalue weighted by Gasteiger charge is -2.11. The summed E-state index contributed by atoms with van der Waals surface area (Å²) in [7, 11) is 1.31. The van der Waals surface area contributed by atoms with Crippen LogP contribution in [0, 0.1) is 5.82 Å². The molecule has 2 rings (SSSR count). The van der Waals surface area contributed by atoms with Crippen molar-refractivity contribution >= 4 is 0 Å². The van der Waals surface area contributed by atoms with Gasteiger partial charge < -0.3 is 4.74 Å². The van der Waals surface area contributed by atoms with E-state index in [0.717, 1.165) is 12.1 Å². The molecule has 0 bridgehead atoms. The molecule has 0 spiro atoms. The van der Waals surface area contributed by atoms with Crippen LogP contribution in [0.5, 0.6) is 5.75 Å². The van der Waals surface area contributed by atoms with E-state index in [-0.39, 0.29) is 5.75 Å². The van der Waals surface area contributed by atoms with E-state index in [2.05, 4.69) is 0 Å². The molecule has 0 amide bonds. The number of alkyl halides is 3. The molecule has 0 saturated heterocycles. The van der Waals surface area contributed by atoms with Crippen molar-refractivity contribution in [1.82, 2.24) is 0 Å². The number of rotatable bonds is 2. The Bertz CT molecular complexity index is 573. The van der Waals surface area contributed by atoms with Crippen LogP contribution in [0.4, 0.5) is 17.6 Å². The largest absolute Gasteiger partial charge is 0.493 e. The minimum absolute atomic E-state index is 0.0160. The summed E-state index contributed by atoms with van der Waals surface area (Å²) >= 11 is 0. The lowest BCUT2D eigenvalue weighted by molar-refractivity contribution is -0.137. The first-order chi connectivity index (χ1) is 8.93. The van der Waals surface area contributed by atoms with E-state index in [9.17, 15) is 17.6 Å². The van der Waals surface area contributed by atoms with Crippen LogP contribution in [0.1, 0.15) is 5.56 Å². The number of halogens is 4. The summed E-state index contributed by atoms with van der Waals surface area (Å²) < 4.78 is 55.8. The second-order valence-corrected chi connectivity index (χ2v) is 3.90. The summed E-state index contributed by atoms with van der Waals surface area (Å²) in [5, 5.41) is 0. The van der Waals surface area contributed by atoms with Crippen molar-refractivity contribution in [2.45, 2.75) is 6.18 Å². The highest BCUT2D eigenvalue weighted by Gasteiger charge is 2.30. The van der Waals surface area contributed by atoms with E-state index in [1.165, 1.54) is 31.4 Å². The van der Waals surface area contributed by atoms with Crippen molar-refractivity contribution in [1.29, 1.82) is 0 Å². The molecule has 1 nitrogen and oxygen atoms in total. The summed E-state index contributed by atoms with van der Waals surface area (Å²) in [6, 6.07) is 8.79. The Balaban J connectivity index is 2.46. The van der Waals surface area contributed by atoms with E-state index in [0.29, 0.717) is 11.1 Å². The molecule has 0 heterocycles. The van der Waals surface area contributed by atoms with Gasteiger partial charge in [-0.1, -0.05) is 24.3 Å². The Morgan fingerprint density at radius 3 is 2.11 bits per heavy atom. The predicted molar refractivity (Wildman–Crippen MR) is 63.4 cm³/mol. The van der Waals surface area contributed by atoms with Crippen molar-refractivity contribution in [2.75, 3.05) is 7.11 Å². The van der Waals surface area contributed by atoms with E-state index < -0.39 is 17.6 Å². The molecule has 0 aliphatic rings. The zero-order valence-electron chi connectivity index (χ0n) is 9.96. The summed E-state index contributed by atoms with van der Waals surface area (Å²) in [5.41, 5.74) is 0.132. The summed E-state index contributed by atoms with van der Waals surface area (Å²) in [6.45, 7) is 0. The average Bonchev–Trinajstić information content (AvgIpc) is 2.37. The fourth-order valence-corrected chi connectivity index (χ4v) is 1.78. The van der Waals surface area contributed by atoms with Gasteiger partial charge in [0.05, 0.1) is 12.7 Å². The molecule has 0 aliphatic heterocycles. The Hall–Kier alpha value is -2.04. The molecule has 100 valence electrons. The van der Waals surface area contributed by atoms with Crippen LogP contribution in [0.25, 0.3) is 11.1 Å². The van der Waals surface area contributed by atoms with Gasteiger partial charge in [-0.2, -0.15) is 13.2 Å². The lowest BCUT2D eigenvalue weighted by Crippen LogP contribution is -2.04. The minimum Gasteiger partial charge on any atom is -0.493 e. The third-order valence-corrected chi connectivity index (χ3v) is 2.69. The number of hydrogen-bond donors (Lipinski definition) is 0. The Kier molecular flexibility index (Phi) is 3.46. The molecule has 0 N–H and O–H groups in total. The first-order valence-corrected chi connectivity index (χ1v) is 5.43. The van der Waals surface area contributed by atoms with E-state index >= 15 is 0 Å². The van der Waals surface area contributed by atoms with Crippen molar-refractivity contribution in [3.05, 3.63) is 53.8 Å². The Labute approximate surface area is 107 Å². The highest BCUT2D eigenvalue weighted by Crippen LogP contribution is 2.35. The Morgan fingerprint density at radius 2 is 1.58 bits per heavy atom. The van der Waals surface area contributed by atoms with Crippen LogP contribution >= 0.6 is 0 Å². The number of para-hydroxylation sites is 1. The van der Waals surface area contributed by atoms with E-state index in [1.807, 2.05) is 0 Å². The van der Waals surface area contributed by atoms with Crippen LogP contribution in [0.3, 0.4) is 0 Å². The van der Waals surface area contributed by atoms with Crippen molar-refractivity contribution < 1.29 is 22.3 Å². The molecule has 0 radical (unpaired) electrons. The summed E-state index contributed by atoms with van der Waals surface area (Å²) in [4.78, 5) is 0. The molecule has 19 heavy (non-hydrogen) atoms. The van der Waals surface area contributed by atoms with Crippen LogP contribution < -0.4 is 4.74 Å². The predicted octanol–water partition coefficient (Wildman–Crippen LogP) is 4.52. The lowest BCUT2D eigenvalue weighted by atomic mass is 10.0. The molecule has 2 aromatic carbocycles. The third kappa shape index (κ3) is 2.70. The van der Waals surface area contributed by atoms with Gasteiger partial charge in [-0.25, -0.2) is 4.39 Å². The maximum absolute atomic E-state index is 13.5. The number of hydrogen-bond acceptors (Lipinski definition) is 1. The van der Waals surface area contributed by atoms with Gasteiger partial charge in [-0.15, -0.1) is 0 Å². The summed E-state index contributed by atoms with van der Waals surface area (Å²) in [6.07, 6.45) is -4.38. The maximum atomic E-state index is 13.5. The van der Waals surface area contributed by atoms with Gasteiger partial charge in [0.1, 0.15) is 0 Å². The molecule has 0 fully saturated rings. The molecule has 0 unspecified atom stereocenters. The first kappa shape index (κ1) is 13.4. The highest BCUT2D eigenvalue weighted by atomic mass is 19.4. The molecule has 0 aliphatic carbocycles. The topological polar surface area (TPSA) is 9.23 Å². The number of methoxy groups -OCH3 is 1. The zero-order chi connectivity index (χ0) is 14.0. The van der Waals surface area contributed by atoms with Crippen molar-refractivity contribution in [3.63, 3.8) is 0 Å². The van der Waals surface area contributed by atoms with Gasteiger partial charge in [0.25, 0.3) is 0 Å². The zero-order valence-corrected chi connectivity index (χ0v) is 9.96. The van der Waals surface area contributed by atoms with Crippen LogP contribution in [-0.4, -0.2) is 7.11 Å². The summed E-state index contributed by atoms with van der Waals surface area (Å²) in [5.74, 6) is -0.540. The maximum Gasteiger partial charge on any atom is 0.416 e. The Morgan fingerprint density at radius 1 is 0.947 bits per heavy atom. The third-order valence-electron chi connectivity index (χ3n) is 2.69. The standard InChI is InChI=1S/C14H10F4O/c1-19-13-11(3-2-4-12(13)15)9-5-7-10(8-6-9)14(16,17)18/h2-8H,1H3. The van der Waals surface area contributed by atoms with E-state index in [1.54, 1.807) is 6.07 Å². The fourth-order valence-electron chi connectivity index (χ4n) is 1.78. The highest BCUT2D eigenvalue weighted by molar-refractivity contribution is 5.70. The minimum atomic E-state index is -4.38. The second kappa shape index (κ2) is 4.91. The fraction of sp³-hybridized carbons (Fsp3) is 0.143. The first-order valence-electron chi connectivity index (χ1n) is 5.43. The van der Waals surface area contributed by atoms with Crippen molar-refractivity contribution in [2.24, 2.45) is 0 Å². The number of benzene rings is 2. The molecular weight excluding hydrogens is 260 g/mol. The van der Waals surface area contributed by atoms with Crippen LogP contribution in [0.2, 0.25) is 0 Å². The van der Waals surface area contributed by atoms with Gasteiger partial charge in [-0.05, 0) is 23.8 Å². The SMILES string of the molecule is COc1c(F)cccc1-c1ccc(C(F)(F)F)cc1. The molecule has 0 atom stereocenters. The van der Waals surface area contributed by atoms with Gasteiger partial charge >= 0.3 is 6.18 Å². The molecule has 5 heteroatoms. The molecular formula is C14H10F4O. The monoisotopic (exact) mass is 270 g/mol. The quantitative estimate of drug-likeness (QED) is 0.729. The molecule has 0 aromatic heterocycles. The second-order valence-electron chi connectivity index (χ2n) is 3.90. The normalized spacial score (nSPS) is 11.4. The van der Waals surface area contributed by atoms with Crippen LogP contribution in [0.15, 0.2) is 42.5 Å². The smallest absolute Gasteiger partial charge is 0.416 e. The molecule has 2 aromatic rings. The average molecular weight is 270 g/mol. The van der Waals surface area contributed by atoms with Gasteiger partial charge in [0, 0.05) is 5.56 Å². The molecule has 0 saturated carbocycles. The van der Waals surface area contributed by atoms with E-state index in [4.69, 9.17) is 4.74 Å². The van der Waals surface area contributed by atoms with Crippen LogP contribution in [-0.2, 0) is 6.18 Å². The van der Waals surface area contributed by atoms with Crippen molar-refractivity contribution in [3.8, 4) is 16.9 Å². The van der Waals surface area contributed by atoms with Gasteiger partial charge in [0.2, 0.25) is 0 Å².